The molecule has 1 saturated heterocycles. The van der Waals surface area contributed by atoms with E-state index in [4.69, 9.17) is 0 Å². The van der Waals surface area contributed by atoms with Gasteiger partial charge in [0.05, 0.1) is 6.54 Å². The number of benzene rings is 1. The predicted octanol–water partition coefficient (Wildman–Crippen LogP) is 4.28. The summed E-state index contributed by atoms with van der Waals surface area (Å²) in [5, 5.41) is 5.17. The Morgan fingerprint density at radius 2 is 2.08 bits per heavy atom. The molecule has 2 heterocycles. The van der Waals surface area contributed by atoms with Crippen molar-refractivity contribution in [2.75, 3.05) is 19.6 Å². The van der Waals surface area contributed by atoms with Crippen LogP contribution in [0.25, 0.3) is 10.4 Å². The summed E-state index contributed by atoms with van der Waals surface area (Å²) < 4.78 is 51.2. The molecule has 1 aromatic heterocycles. The Labute approximate surface area is 142 Å². The summed E-state index contributed by atoms with van der Waals surface area (Å²) >= 11 is 1.47. The van der Waals surface area contributed by atoms with E-state index in [1.165, 1.54) is 22.3 Å². The zero-order valence-electron chi connectivity index (χ0n) is 12.9. The lowest BCUT2D eigenvalue weighted by atomic mass is 10.1. The Balaban J connectivity index is 1.57. The van der Waals surface area contributed by atoms with E-state index in [2.05, 4.69) is 5.32 Å². The Hall–Kier alpha value is -1.44. The van der Waals surface area contributed by atoms with Gasteiger partial charge in [0.2, 0.25) is 0 Å². The standard InChI is InChI=1S/C17H18F4N2S/c18-15-4-3-12(8-14(15)16-2-1-7-24-16)9-22-13-5-6-23(10-13)11-17(19,20)21/h1-4,7-8,13,22H,5-6,9-11H2/t13-/m1/s1. The Morgan fingerprint density at radius 1 is 1.25 bits per heavy atom. The minimum atomic E-state index is -4.15. The van der Waals surface area contributed by atoms with E-state index in [0.717, 1.165) is 10.4 Å². The van der Waals surface area contributed by atoms with Crippen molar-refractivity contribution < 1.29 is 17.6 Å². The van der Waals surface area contributed by atoms with Crippen molar-refractivity contribution in [1.82, 2.24) is 10.2 Å². The van der Waals surface area contributed by atoms with Crippen LogP contribution in [0.3, 0.4) is 0 Å². The summed E-state index contributed by atoms with van der Waals surface area (Å²) in [5.74, 6) is -0.265. The van der Waals surface area contributed by atoms with Crippen LogP contribution >= 0.6 is 11.3 Å². The lowest BCUT2D eigenvalue weighted by molar-refractivity contribution is -0.143. The molecule has 0 saturated carbocycles. The van der Waals surface area contributed by atoms with Crippen LogP contribution in [0.15, 0.2) is 35.7 Å². The number of rotatable bonds is 5. The number of thiophene rings is 1. The topological polar surface area (TPSA) is 15.3 Å². The maximum atomic E-state index is 14.0. The molecule has 0 aliphatic carbocycles. The molecule has 2 nitrogen and oxygen atoms in total. The molecular formula is C17H18F4N2S. The molecule has 1 aliphatic heterocycles. The molecule has 1 atom stereocenters. The van der Waals surface area contributed by atoms with E-state index < -0.39 is 12.7 Å². The number of alkyl halides is 3. The van der Waals surface area contributed by atoms with Crippen LogP contribution in [-0.2, 0) is 6.54 Å². The third-order valence-corrected chi connectivity index (χ3v) is 4.99. The van der Waals surface area contributed by atoms with Crippen LogP contribution in [-0.4, -0.2) is 36.8 Å². The summed E-state index contributed by atoms with van der Waals surface area (Å²) in [6, 6.07) is 8.72. The van der Waals surface area contributed by atoms with Crippen LogP contribution in [0, 0.1) is 5.82 Å². The summed E-state index contributed by atoms with van der Waals surface area (Å²) in [6.07, 6.45) is -3.46. The summed E-state index contributed by atoms with van der Waals surface area (Å²) in [5.41, 5.74) is 1.49. The number of hydrogen-bond acceptors (Lipinski definition) is 3. The molecule has 3 rings (SSSR count). The van der Waals surface area contributed by atoms with E-state index >= 15 is 0 Å². The largest absolute Gasteiger partial charge is 0.401 e. The van der Waals surface area contributed by atoms with Crippen LogP contribution in [0.5, 0.6) is 0 Å². The van der Waals surface area contributed by atoms with Crippen molar-refractivity contribution in [2.24, 2.45) is 0 Å². The normalized spacial score (nSPS) is 19.1. The van der Waals surface area contributed by atoms with Crippen LogP contribution in [0.1, 0.15) is 12.0 Å². The molecule has 1 N–H and O–H groups in total. The van der Waals surface area contributed by atoms with Crippen molar-refractivity contribution in [3.8, 4) is 10.4 Å². The predicted molar refractivity (Wildman–Crippen MR) is 87.5 cm³/mol. The van der Waals surface area contributed by atoms with Crippen molar-refractivity contribution in [1.29, 1.82) is 0 Å². The molecule has 130 valence electrons. The molecule has 1 fully saturated rings. The lowest BCUT2D eigenvalue weighted by Crippen LogP contribution is -2.36. The van der Waals surface area contributed by atoms with Crippen LogP contribution in [0.4, 0.5) is 17.6 Å². The van der Waals surface area contributed by atoms with Gasteiger partial charge in [-0.05, 0) is 35.6 Å². The third kappa shape index (κ3) is 4.55. The number of nitrogens with one attached hydrogen (secondary N) is 1. The van der Waals surface area contributed by atoms with Gasteiger partial charge in [-0.3, -0.25) is 4.90 Å². The summed E-state index contributed by atoms with van der Waals surface area (Å²) in [6.45, 7) is 0.493. The Bertz CT molecular complexity index is 670. The van der Waals surface area contributed by atoms with Gasteiger partial charge in [-0.2, -0.15) is 13.2 Å². The third-order valence-electron chi connectivity index (χ3n) is 4.09. The van der Waals surface area contributed by atoms with Crippen LogP contribution < -0.4 is 5.32 Å². The van der Waals surface area contributed by atoms with Gasteiger partial charge in [-0.25, -0.2) is 4.39 Å². The van der Waals surface area contributed by atoms with Gasteiger partial charge in [-0.1, -0.05) is 12.1 Å². The van der Waals surface area contributed by atoms with Gasteiger partial charge in [0.25, 0.3) is 0 Å². The highest BCUT2D eigenvalue weighted by Crippen LogP contribution is 2.28. The molecule has 0 bridgehead atoms. The van der Waals surface area contributed by atoms with Gasteiger partial charge < -0.3 is 5.32 Å². The molecule has 0 radical (unpaired) electrons. The van der Waals surface area contributed by atoms with Gasteiger partial charge in [-0.15, -0.1) is 11.3 Å². The van der Waals surface area contributed by atoms with Crippen molar-refractivity contribution in [3.05, 3.63) is 47.1 Å². The second-order valence-electron chi connectivity index (χ2n) is 6.01. The molecule has 7 heteroatoms. The monoisotopic (exact) mass is 358 g/mol. The molecule has 0 spiro atoms. The molecule has 24 heavy (non-hydrogen) atoms. The molecule has 1 aliphatic rings. The summed E-state index contributed by atoms with van der Waals surface area (Å²) in [4.78, 5) is 2.28. The average molecular weight is 358 g/mol. The van der Waals surface area contributed by atoms with Crippen LogP contribution in [0.2, 0.25) is 0 Å². The second-order valence-corrected chi connectivity index (χ2v) is 6.96. The van der Waals surface area contributed by atoms with E-state index in [1.807, 2.05) is 17.5 Å². The minimum Gasteiger partial charge on any atom is -0.309 e. The second kappa shape index (κ2) is 7.21. The molecule has 2 aromatic rings. The molecule has 0 unspecified atom stereocenters. The quantitative estimate of drug-likeness (QED) is 0.803. The van der Waals surface area contributed by atoms with Crippen molar-refractivity contribution in [3.63, 3.8) is 0 Å². The fraction of sp³-hybridized carbons (Fsp3) is 0.412. The number of halogens is 4. The number of hydrogen-bond donors (Lipinski definition) is 1. The van der Waals surface area contributed by atoms with Crippen molar-refractivity contribution >= 4 is 11.3 Å². The summed E-state index contributed by atoms with van der Waals surface area (Å²) in [7, 11) is 0. The zero-order valence-corrected chi connectivity index (χ0v) is 13.8. The smallest absolute Gasteiger partial charge is 0.309 e. The first kappa shape index (κ1) is 17.4. The van der Waals surface area contributed by atoms with E-state index in [9.17, 15) is 17.6 Å². The average Bonchev–Trinajstić information content (AvgIpc) is 3.16. The van der Waals surface area contributed by atoms with Gasteiger partial charge in [0.1, 0.15) is 5.82 Å². The Kier molecular flexibility index (Phi) is 5.22. The van der Waals surface area contributed by atoms with Gasteiger partial charge in [0, 0.05) is 36.1 Å². The zero-order chi connectivity index (χ0) is 17.2. The fourth-order valence-corrected chi connectivity index (χ4v) is 3.71. The molecule has 1 aromatic carbocycles. The fourth-order valence-electron chi connectivity index (χ4n) is 2.96. The highest BCUT2D eigenvalue weighted by molar-refractivity contribution is 7.13. The highest BCUT2D eigenvalue weighted by Gasteiger charge is 2.34. The maximum Gasteiger partial charge on any atom is 0.401 e. The Morgan fingerprint density at radius 3 is 2.79 bits per heavy atom. The molecular weight excluding hydrogens is 340 g/mol. The number of likely N-dealkylation sites (tertiary alicyclic amines) is 1. The van der Waals surface area contributed by atoms with E-state index in [-0.39, 0.29) is 11.9 Å². The molecule has 0 amide bonds. The first-order valence-corrected chi connectivity index (χ1v) is 8.63. The maximum absolute atomic E-state index is 14.0. The highest BCUT2D eigenvalue weighted by atomic mass is 32.1. The van der Waals surface area contributed by atoms with Crippen molar-refractivity contribution in [2.45, 2.75) is 25.2 Å². The number of nitrogens with zero attached hydrogens (tertiary/aromatic N) is 1. The van der Waals surface area contributed by atoms with E-state index in [1.54, 1.807) is 12.1 Å². The van der Waals surface area contributed by atoms with E-state index in [0.29, 0.717) is 31.6 Å². The first-order chi connectivity index (χ1) is 11.4. The lowest BCUT2D eigenvalue weighted by Gasteiger charge is -2.18. The van der Waals surface area contributed by atoms with Gasteiger partial charge in [0.15, 0.2) is 0 Å². The first-order valence-electron chi connectivity index (χ1n) is 7.75. The minimum absolute atomic E-state index is 0.0302. The SMILES string of the molecule is Fc1ccc(CN[C@@H]2CCN(CC(F)(F)F)C2)cc1-c1cccs1. The van der Waals surface area contributed by atoms with Gasteiger partial charge >= 0.3 is 6.18 Å².